The Morgan fingerprint density at radius 3 is 2.78 bits per heavy atom. The van der Waals surface area contributed by atoms with E-state index in [1.165, 1.54) is 0 Å². The molecular formula is C18H26N2O3. The zero-order valence-electron chi connectivity index (χ0n) is 14.2. The third-order valence-electron chi connectivity index (χ3n) is 4.19. The van der Waals surface area contributed by atoms with Crippen LogP contribution in [0.3, 0.4) is 0 Å². The summed E-state index contributed by atoms with van der Waals surface area (Å²) in [5, 5.41) is 2.97. The van der Waals surface area contributed by atoms with E-state index < -0.39 is 0 Å². The number of likely N-dealkylation sites (tertiary alicyclic amines) is 1. The van der Waals surface area contributed by atoms with Crippen LogP contribution in [0.5, 0.6) is 5.75 Å². The van der Waals surface area contributed by atoms with Crippen LogP contribution in [0.15, 0.2) is 24.3 Å². The molecule has 1 aliphatic heterocycles. The lowest BCUT2D eigenvalue weighted by Crippen LogP contribution is -2.50. The van der Waals surface area contributed by atoms with E-state index in [-0.39, 0.29) is 23.8 Å². The van der Waals surface area contributed by atoms with E-state index >= 15 is 0 Å². The largest absolute Gasteiger partial charge is 0.497 e. The second-order valence-corrected chi connectivity index (χ2v) is 6.27. The summed E-state index contributed by atoms with van der Waals surface area (Å²) in [6.07, 6.45) is 2.14. The van der Waals surface area contributed by atoms with Crippen LogP contribution >= 0.6 is 0 Å². The molecule has 0 aliphatic carbocycles. The van der Waals surface area contributed by atoms with E-state index in [4.69, 9.17) is 4.74 Å². The second kappa shape index (κ2) is 7.99. The number of carbonyl (C=O) groups excluding carboxylic acids is 2. The normalized spacial score (nSPS) is 15.8. The van der Waals surface area contributed by atoms with Crippen LogP contribution in [0.25, 0.3) is 0 Å². The van der Waals surface area contributed by atoms with E-state index in [0.29, 0.717) is 19.5 Å². The van der Waals surface area contributed by atoms with Crippen molar-refractivity contribution in [2.24, 2.45) is 5.92 Å². The Hall–Kier alpha value is -2.04. The number of rotatable bonds is 7. The van der Waals surface area contributed by atoms with Crippen LogP contribution < -0.4 is 10.1 Å². The van der Waals surface area contributed by atoms with Gasteiger partial charge in [-0.1, -0.05) is 26.0 Å². The first-order valence-corrected chi connectivity index (χ1v) is 8.23. The van der Waals surface area contributed by atoms with Crippen LogP contribution in [0.1, 0.15) is 32.3 Å². The summed E-state index contributed by atoms with van der Waals surface area (Å²) in [4.78, 5) is 26.2. The number of carbonyl (C=O) groups is 2. The van der Waals surface area contributed by atoms with Crippen molar-refractivity contribution in [3.8, 4) is 5.75 Å². The summed E-state index contributed by atoms with van der Waals surface area (Å²) in [5.41, 5.74) is 1.11. The molecule has 1 heterocycles. The lowest BCUT2D eigenvalue weighted by atomic mass is 10.0. The minimum absolute atomic E-state index is 0.0573. The summed E-state index contributed by atoms with van der Waals surface area (Å²) < 4.78 is 5.20. The fourth-order valence-electron chi connectivity index (χ4n) is 3.03. The highest BCUT2D eigenvalue weighted by Crippen LogP contribution is 2.19. The average molecular weight is 318 g/mol. The summed E-state index contributed by atoms with van der Waals surface area (Å²) >= 11 is 0. The van der Waals surface area contributed by atoms with Gasteiger partial charge in [0, 0.05) is 19.5 Å². The van der Waals surface area contributed by atoms with Gasteiger partial charge in [-0.3, -0.25) is 9.59 Å². The number of hydrogen-bond donors (Lipinski definition) is 1. The predicted octanol–water partition coefficient (Wildman–Crippen LogP) is 2.00. The third-order valence-corrected chi connectivity index (χ3v) is 4.19. The Balaban J connectivity index is 1.90. The maximum atomic E-state index is 12.5. The Labute approximate surface area is 138 Å². The SMILES string of the molecule is COc1cccc(CCNC(=O)C(C(C)C)N2CCCC2=O)c1. The molecule has 1 saturated heterocycles. The van der Waals surface area contributed by atoms with Crippen LogP contribution in [0.4, 0.5) is 0 Å². The molecule has 126 valence electrons. The first kappa shape index (κ1) is 17.3. The molecule has 1 unspecified atom stereocenters. The van der Waals surface area contributed by atoms with E-state index in [2.05, 4.69) is 5.32 Å². The van der Waals surface area contributed by atoms with Gasteiger partial charge in [0.05, 0.1) is 7.11 Å². The maximum absolute atomic E-state index is 12.5. The van der Waals surface area contributed by atoms with Crippen molar-refractivity contribution in [1.82, 2.24) is 10.2 Å². The Bertz CT molecular complexity index is 557. The maximum Gasteiger partial charge on any atom is 0.243 e. The monoisotopic (exact) mass is 318 g/mol. The van der Waals surface area contributed by atoms with Gasteiger partial charge in [0.1, 0.15) is 11.8 Å². The number of methoxy groups -OCH3 is 1. The molecule has 0 spiro atoms. The summed E-state index contributed by atoms with van der Waals surface area (Å²) in [6, 6.07) is 7.45. The van der Waals surface area contributed by atoms with Crippen molar-refractivity contribution in [2.45, 2.75) is 39.2 Å². The van der Waals surface area contributed by atoms with Crippen LogP contribution in [0, 0.1) is 5.92 Å². The van der Waals surface area contributed by atoms with Gasteiger partial charge in [0.2, 0.25) is 11.8 Å². The van der Waals surface area contributed by atoms with Crippen molar-refractivity contribution in [3.05, 3.63) is 29.8 Å². The fourth-order valence-corrected chi connectivity index (χ4v) is 3.03. The number of nitrogens with one attached hydrogen (secondary N) is 1. The fraction of sp³-hybridized carbons (Fsp3) is 0.556. The Morgan fingerprint density at radius 2 is 2.17 bits per heavy atom. The molecule has 0 bridgehead atoms. The quantitative estimate of drug-likeness (QED) is 0.836. The topological polar surface area (TPSA) is 58.6 Å². The minimum Gasteiger partial charge on any atom is -0.497 e. The molecule has 5 nitrogen and oxygen atoms in total. The van der Waals surface area contributed by atoms with Gasteiger partial charge in [-0.15, -0.1) is 0 Å². The molecule has 2 amide bonds. The number of benzene rings is 1. The lowest BCUT2D eigenvalue weighted by molar-refractivity contribution is -0.139. The first-order chi connectivity index (χ1) is 11.0. The Morgan fingerprint density at radius 1 is 1.39 bits per heavy atom. The molecule has 1 aromatic rings. The molecule has 1 N–H and O–H groups in total. The van der Waals surface area contributed by atoms with Gasteiger partial charge in [-0.2, -0.15) is 0 Å². The highest BCUT2D eigenvalue weighted by atomic mass is 16.5. The zero-order chi connectivity index (χ0) is 16.8. The summed E-state index contributed by atoms with van der Waals surface area (Å²) in [7, 11) is 1.64. The van der Waals surface area contributed by atoms with E-state index in [1.807, 2.05) is 38.1 Å². The lowest BCUT2D eigenvalue weighted by Gasteiger charge is -2.29. The minimum atomic E-state index is -0.365. The highest BCUT2D eigenvalue weighted by molar-refractivity contribution is 5.88. The van der Waals surface area contributed by atoms with Gasteiger partial charge in [-0.25, -0.2) is 0 Å². The summed E-state index contributed by atoms with van der Waals surface area (Å²) in [6.45, 7) is 5.21. The van der Waals surface area contributed by atoms with E-state index in [1.54, 1.807) is 12.0 Å². The molecule has 23 heavy (non-hydrogen) atoms. The molecule has 1 atom stereocenters. The van der Waals surface area contributed by atoms with Crippen LogP contribution in [-0.2, 0) is 16.0 Å². The average Bonchev–Trinajstić information content (AvgIpc) is 2.93. The molecule has 0 radical (unpaired) electrons. The van der Waals surface area contributed by atoms with Gasteiger partial charge in [0.25, 0.3) is 0 Å². The molecular weight excluding hydrogens is 292 g/mol. The van der Waals surface area contributed by atoms with Gasteiger partial charge < -0.3 is 15.0 Å². The van der Waals surface area contributed by atoms with Gasteiger partial charge >= 0.3 is 0 Å². The molecule has 2 rings (SSSR count). The molecule has 1 fully saturated rings. The molecule has 0 saturated carbocycles. The molecule has 1 aromatic carbocycles. The van der Waals surface area contributed by atoms with Crippen molar-refractivity contribution in [3.63, 3.8) is 0 Å². The van der Waals surface area contributed by atoms with E-state index in [9.17, 15) is 9.59 Å². The number of nitrogens with zero attached hydrogens (tertiary/aromatic N) is 1. The van der Waals surface area contributed by atoms with Crippen LogP contribution in [0.2, 0.25) is 0 Å². The summed E-state index contributed by atoms with van der Waals surface area (Å²) in [5.74, 6) is 0.954. The molecule has 1 aliphatic rings. The second-order valence-electron chi connectivity index (χ2n) is 6.27. The van der Waals surface area contributed by atoms with Crippen molar-refractivity contribution >= 4 is 11.8 Å². The number of amides is 2. The standard InChI is InChI=1S/C18H26N2O3/c1-13(2)17(20-11-5-8-16(20)21)18(22)19-10-9-14-6-4-7-15(12-14)23-3/h4,6-7,12-13,17H,5,8-11H2,1-3H3,(H,19,22). The third kappa shape index (κ3) is 4.47. The first-order valence-electron chi connectivity index (χ1n) is 8.23. The predicted molar refractivity (Wildman–Crippen MR) is 89.3 cm³/mol. The number of hydrogen-bond acceptors (Lipinski definition) is 3. The van der Waals surface area contributed by atoms with Crippen molar-refractivity contribution in [2.75, 3.05) is 20.2 Å². The molecule has 0 aromatic heterocycles. The van der Waals surface area contributed by atoms with Crippen molar-refractivity contribution in [1.29, 1.82) is 0 Å². The Kier molecular flexibility index (Phi) is 6.02. The highest BCUT2D eigenvalue weighted by Gasteiger charge is 2.34. The van der Waals surface area contributed by atoms with Gasteiger partial charge in [0.15, 0.2) is 0 Å². The zero-order valence-corrected chi connectivity index (χ0v) is 14.2. The van der Waals surface area contributed by atoms with Crippen LogP contribution in [-0.4, -0.2) is 43.0 Å². The van der Waals surface area contributed by atoms with Gasteiger partial charge in [-0.05, 0) is 36.5 Å². The number of ether oxygens (including phenoxy) is 1. The molecule has 5 heteroatoms. The van der Waals surface area contributed by atoms with E-state index in [0.717, 1.165) is 24.2 Å². The van der Waals surface area contributed by atoms with Crippen molar-refractivity contribution < 1.29 is 14.3 Å². The smallest absolute Gasteiger partial charge is 0.243 e.